The first-order chi connectivity index (χ1) is 11.4. The number of hydrogen-bond donors (Lipinski definition) is 2. The van der Waals surface area contributed by atoms with Crippen molar-refractivity contribution in [3.8, 4) is 0 Å². The lowest BCUT2D eigenvalue weighted by Crippen LogP contribution is -2.39. The Bertz CT molecular complexity index is 427. The van der Waals surface area contributed by atoms with E-state index in [2.05, 4.69) is 49.6 Å². The molecule has 0 amide bonds. The van der Waals surface area contributed by atoms with Crippen molar-refractivity contribution in [1.82, 2.24) is 20.1 Å². The summed E-state index contributed by atoms with van der Waals surface area (Å²) in [6.45, 7) is 6.77. The van der Waals surface area contributed by atoms with Crippen molar-refractivity contribution in [2.75, 3.05) is 39.8 Å². The lowest BCUT2D eigenvalue weighted by Gasteiger charge is -2.26. The van der Waals surface area contributed by atoms with E-state index in [9.17, 15) is 0 Å². The molecule has 0 atom stereocenters. The summed E-state index contributed by atoms with van der Waals surface area (Å²) in [7, 11) is 1.83. The molecule has 0 aromatic carbocycles. The van der Waals surface area contributed by atoms with E-state index in [4.69, 9.17) is 0 Å². The molecule has 0 bridgehead atoms. The molecule has 0 spiro atoms. The minimum Gasteiger partial charge on any atom is -0.356 e. The Kier molecular flexibility index (Phi) is 12.0. The van der Waals surface area contributed by atoms with Crippen molar-refractivity contribution < 1.29 is 0 Å². The van der Waals surface area contributed by atoms with Crippen LogP contribution in [-0.2, 0) is 6.54 Å². The summed E-state index contributed by atoms with van der Waals surface area (Å²) in [6, 6.07) is 4.11. The zero-order valence-corrected chi connectivity index (χ0v) is 17.4. The maximum absolute atomic E-state index is 4.28. The third kappa shape index (κ3) is 8.92. The van der Waals surface area contributed by atoms with Crippen molar-refractivity contribution in [2.24, 2.45) is 4.99 Å². The van der Waals surface area contributed by atoms with Crippen molar-refractivity contribution in [2.45, 2.75) is 45.1 Å². The van der Waals surface area contributed by atoms with Crippen LogP contribution in [0.25, 0.3) is 0 Å². The van der Waals surface area contributed by atoms with Gasteiger partial charge in [-0.25, -0.2) is 0 Å². The molecule has 1 aliphatic heterocycles. The molecule has 24 heavy (non-hydrogen) atoms. The van der Waals surface area contributed by atoms with Crippen LogP contribution in [0.15, 0.2) is 29.5 Å². The fourth-order valence-corrected chi connectivity index (χ4v) is 3.07. The summed E-state index contributed by atoms with van der Waals surface area (Å²) >= 11 is 0. The third-order valence-electron chi connectivity index (χ3n) is 4.44. The number of nitrogens with one attached hydrogen (secondary N) is 2. The Labute approximate surface area is 164 Å². The number of piperidine rings is 1. The summed E-state index contributed by atoms with van der Waals surface area (Å²) in [5.41, 5.74) is 0. The van der Waals surface area contributed by atoms with Crippen molar-refractivity contribution in [1.29, 1.82) is 0 Å². The second kappa shape index (κ2) is 13.5. The highest BCUT2D eigenvalue weighted by molar-refractivity contribution is 14.0. The van der Waals surface area contributed by atoms with Gasteiger partial charge in [0.15, 0.2) is 5.96 Å². The molecule has 2 N–H and O–H groups in total. The monoisotopic (exact) mass is 447 g/mol. The van der Waals surface area contributed by atoms with Gasteiger partial charge in [-0.3, -0.25) is 4.99 Å². The van der Waals surface area contributed by atoms with Gasteiger partial charge in [0.05, 0.1) is 0 Å². The van der Waals surface area contributed by atoms with Crippen molar-refractivity contribution >= 4 is 29.9 Å². The molecule has 1 aliphatic rings. The van der Waals surface area contributed by atoms with Gasteiger partial charge in [-0.1, -0.05) is 12.8 Å². The lowest BCUT2D eigenvalue weighted by molar-refractivity contribution is 0.224. The standard InChI is InChI=1S/C18H33N5.HI/c1-19-18(21-11-17-23-15-8-9-16-23)20-10-4-2-5-12-22-13-6-3-7-14-22;/h8-9,15-16H,2-7,10-14,17H2,1H3,(H2,19,20,21);1H. The van der Waals surface area contributed by atoms with Gasteiger partial charge in [-0.05, 0) is 57.5 Å². The number of halogens is 1. The van der Waals surface area contributed by atoms with E-state index >= 15 is 0 Å². The van der Waals surface area contributed by atoms with Crippen LogP contribution in [0.2, 0.25) is 0 Å². The van der Waals surface area contributed by atoms with Gasteiger partial charge < -0.3 is 20.1 Å². The first-order valence-electron chi connectivity index (χ1n) is 9.16. The van der Waals surface area contributed by atoms with E-state index in [1.807, 2.05) is 7.05 Å². The molecule has 0 unspecified atom stereocenters. The number of likely N-dealkylation sites (tertiary alicyclic amines) is 1. The maximum Gasteiger partial charge on any atom is 0.191 e. The lowest BCUT2D eigenvalue weighted by atomic mass is 10.1. The molecule has 1 saturated heterocycles. The molecular formula is C18H34IN5. The molecule has 2 rings (SSSR count). The van der Waals surface area contributed by atoms with Gasteiger partial charge in [0.1, 0.15) is 0 Å². The molecule has 138 valence electrons. The topological polar surface area (TPSA) is 44.6 Å². The molecule has 0 aliphatic carbocycles. The average molecular weight is 447 g/mol. The summed E-state index contributed by atoms with van der Waals surface area (Å²) < 4.78 is 2.17. The smallest absolute Gasteiger partial charge is 0.191 e. The van der Waals surface area contributed by atoms with E-state index < -0.39 is 0 Å². The van der Waals surface area contributed by atoms with Crippen LogP contribution >= 0.6 is 24.0 Å². The minimum absolute atomic E-state index is 0. The number of hydrogen-bond acceptors (Lipinski definition) is 2. The normalized spacial score (nSPS) is 15.8. The average Bonchev–Trinajstić information content (AvgIpc) is 3.10. The first-order valence-corrected chi connectivity index (χ1v) is 9.16. The van der Waals surface area contributed by atoms with Gasteiger partial charge in [0.2, 0.25) is 0 Å². The zero-order chi connectivity index (χ0) is 16.2. The highest BCUT2D eigenvalue weighted by atomic mass is 127. The SMILES string of the molecule is CN=C(NCCCCCN1CCCCC1)NCCn1cccc1.I. The van der Waals surface area contributed by atoms with Gasteiger partial charge in [-0.15, -0.1) is 24.0 Å². The molecule has 0 radical (unpaired) electrons. The minimum atomic E-state index is 0. The van der Waals surface area contributed by atoms with E-state index in [0.717, 1.165) is 25.6 Å². The summed E-state index contributed by atoms with van der Waals surface area (Å²) in [4.78, 5) is 6.90. The van der Waals surface area contributed by atoms with Gasteiger partial charge in [0, 0.05) is 39.1 Å². The molecule has 1 aromatic heterocycles. The highest BCUT2D eigenvalue weighted by Crippen LogP contribution is 2.09. The van der Waals surface area contributed by atoms with Crippen LogP contribution in [-0.4, -0.2) is 55.2 Å². The number of rotatable bonds is 9. The predicted molar refractivity (Wildman–Crippen MR) is 113 cm³/mol. The Hall–Kier alpha value is -0.760. The van der Waals surface area contributed by atoms with E-state index in [1.165, 1.54) is 58.2 Å². The Morgan fingerprint density at radius 3 is 2.33 bits per heavy atom. The van der Waals surface area contributed by atoms with Crippen LogP contribution in [0.3, 0.4) is 0 Å². The van der Waals surface area contributed by atoms with Crippen LogP contribution in [0.4, 0.5) is 0 Å². The van der Waals surface area contributed by atoms with Crippen molar-refractivity contribution in [3.63, 3.8) is 0 Å². The molecule has 1 aromatic rings. The summed E-state index contributed by atoms with van der Waals surface area (Å²) in [5.74, 6) is 0.910. The first kappa shape index (κ1) is 21.3. The maximum atomic E-state index is 4.28. The summed E-state index contributed by atoms with van der Waals surface area (Å²) in [6.07, 6.45) is 12.2. The van der Waals surface area contributed by atoms with Crippen LogP contribution < -0.4 is 10.6 Å². The largest absolute Gasteiger partial charge is 0.356 e. The van der Waals surface area contributed by atoms with Crippen molar-refractivity contribution in [3.05, 3.63) is 24.5 Å². The third-order valence-corrected chi connectivity index (χ3v) is 4.44. The second-order valence-electron chi connectivity index (χ2n) is 6.31. The molecule has 6 heteroatoms. The molecule has 1 fully saturated rings. The fraction of sp³-hybridized carbons (Fsp3) is 0.722. The zero-order valence-electron chi connectivity index (χ0n) is 15.0. The second-order valence-corrected chi connectivity index (χ2v) is 6.31. The number of unbranched alkanes of at least 4 members (excludes halogenated alkanes) is 2. The number of nitrogens with zero attached hydrogens (tertiary/aromatic N) is 3. The van der Waals surface area contributed by atoms with E-state index in [1.54, 1.807) is 0 Å². The van der Waals surface area contributed by atoms with E-state index in [0.29, 0.717) is 0 Å². The Balaban J connectivity index is 0.00000288. The number of aromatic nitrogens is 1. The number of aliphatic imine (C=N–C) groups is 1. The van der Waals surface area contributed by atoms with Gasteiger partial charge in [0.25, 0.3) is 0 Å². The Morgan fingerprint density at radius 1 is 0.917 bits per heavy atom. The van der Waals surface area contributed by atoms with Crippen LogP contribution in [0, 0.1) is 0 Å². The quantitative estimate of drug-likeness (QED) is 0.265. The highest BCUT2D eigenvalue weighted by Gasteiger charge is 2.08. The fourth-order valence-electron chi connectivity index (χ4n) is 3.07. The Morgan fingerprint density at radius 2 is 1.62 bits per heavy atom. The number of guanidine groups is 1. The van der Waals surface area contributed by atoms with Gasteiger partial charge in [-0.2, -0.15) is 0 Å². The van der Waals surface area contributed by atoms with Crippen LogP contribution in [0.5, 0.6) is 0 Å². The molecule has 2 heterocycles. The predicted octanol–water partition coefficient (Wildman–Crippen LogP) is 2.93. The summed E-state index contributed by atoms with van der Waals surface area (Å²) in [5, 5.41) is 6.76. The van der Waals surface area contributed by atoms with E-state index in [-0.39, 0.29) is 24.0 Å². The van der Waals surface area contributed by atoms with Crippen LogP contribution in [0.1, 0.15) is 38.5 Å². The molecule has 0 saturated carbocycles. The molecular weight excluding hydrogens is 413 g/mol. The molecule has 5 nitrogen and oxygen atoms in total. The van der Waals surface area contributed by atoms with Gasteiger partial charge >= 0.3 is 0 Å².